The van der Waals surface area contributed by atoms with Crippen molar-refractivity contribution in [1.82, 2.24) is 0 Å². The molecule has 0 heterocycles. The van der Waals surface area contributed by atoms with E-state index < -0.39 is 0 Å². The van der Waals surface area contributed by atoms with E-state index in [0.717, 1.165) is 22.8 Å². The zero-order valence-corrected chi connectivity index (χ0v) is 12.2. The normalized spacial score (nSPS) is 10.2. The number of hydrogen-bond donors (Lipinski definition) is 1. The maximum Gasteiger partial charge on any atom is 0.123 e. The Kier molecular flexibility index (Phi) is 5.91. The molecule has 112 valence electrons. The Morgan fingerprint density at radius 3 is 2.00 bits per heavy atom. The Morgan fingerprint density at radius 2 is 1.38 bits per heavy atom. The molecule has 0 aliphatic carbocycles. The van der Waals surface area contributed by atoms with E-state index in [1.54, 1.807) is 0 Å². The summed E-state index contributed by atoms with van der Waals surface area (Å²) in [6.07, 6.45) is 0. The molecule has 0 amide bonds. The quantitative estimate of drug-likeness (QED) is 0.758. The van der Waals surface area contributed by atoms with Gasteiger partial charge in [0.15, 0.2) is 0 Å². The van der Waals surface area contributed by atoms with Crippen LogP contribution in [0.2, 0.25) is 0 Å². The van der Waals surface area contributed by atoms with Gasteiger partial charge in [0.2, 0.25) is 0 Å². The van der Waals surface area contributed by atoms with Crippen molar-refractivity contribution < 1.29 is 14.2 Å². The van der Waals surface area contributed by atoms with Crippen LogP contribution < -0.4 is 19.9 Å². The Balaban J connectivity index is 1.77. The van der Waals surface area contributed by atoms with Crippen LogP contribution in [0.4, 0.5) is 0 Å². The SMILES string of the molecule is CCOc1cccc(OCCOc2cccc(CN)c2)c1. The van der Waals surface area contributed by atoms with Crippen LogP contribution in [0.15, 0.2) is 48.5 Å². The summed E-state index contributed by atoms with van der Waals surface area (Å²) in [6, 6.07) is 15.4. The van der Waals surface area contributed by atoms with E-state index in [0.29, 0.717) is 26.4 Å². The molecule has 0 spiro atoms. The van der Waals surface area contributed by atoms with Crippen molar-refractivity contribution in [3.8, 4) is 17.2 Å². The Labute approximate surface area is 125 Å². The van der Waals surface area contributed by atoms with Crippen molar-refractivity contribution >= 4 is 0 Å². The minimum Gasteiger partial charge on any atom is -0.494 e. The lowest BCUT2D eigenvalue weighted by Crippen LogP contribution is -2.09. The van der Waals surface area contributed by atoms with Crippen LogP contribution in [0, 0.1) is 0 Å². The summed E-state index contributed by atoms with van der Waals surface area (Å²) >= 11 is 0. The molecule has 2 aromatic carbocycles. The smallest absolute Gasteiger partial charge is 0.123 e. The van der Waals surface area contributed by atoms with Crippen LogP contribution in [-0.4, -0.2) is 19.8 Å². The summed E-state index contributed by atoms with van der Waals surface area (Å²) < 4.78 is 16.7. The van der Waals surface area contributed by atoms with Crippen molar-refractivity contribution in [2.75, 3.05) is 19.8 Å². The van der Waals surface area contributed by atoms with Crippen LogP contribution >= 0.6 is 0 Å². The van der Waals surface area contributed by atoms with Gasteiger partial charge < -0.3 is 19.9 Å². The zero-order valence-electron chi connectivity index (χ0n) is 12.2. The predicted octanol–water partition coefficient (Wildman–Crippen LogP) is 3.00. The van der Waals surface area contributed by atoms with Crippen molar-refractivity contribution in [3.63, 3.8) is 0 Å². The number of rotatable bonds is 8. The van der Waals surface area contributed by atoms with Gasteiger partial charge in [0.1, 0.15) is 30.5 Å². The lowest BCUT2D eigenvalue weighted by atomic mass is 10.2. The fraction of sp³-hybridized carbons (Fsp3) is 0.294. The third-order valence-electron chi connectivity index (χ3n) is 2.87. The summed E-state index contributed by atoms with van der Waals surface area (Å²) in [6.45, 7) is 4.06. The minimum absolute atomic E-state index is 0.475. The molecule has 0 saturated heterocycles. The fourth-order valence-corrected chi connectivity index (χ4v) is 1.90. The Hall–Kier alpha value is -2.20. The maximum atomic E-state index is 5.64. The first-order valence-electron chi connectivity index (χ1n) is 7.09. The van der Waals surface area contributed by atoms with E-state index in [9.17, 15) is 0 Å². The molecule has 2 rings (SSSR count). The fourth-order valence-electron chi connectivity index (χ4n) is 1.90. The van der Waals surface area contributed by atoms with Gasteiger partial charge in [-0.2, -0.15) is 0 Å². The van der Waals surface area contributed by atoms with E-state index in [1.165, 1.54) is 0 Å². The molecule has 4 heteroatoms. The Bertz CT molecular complexity index is 557. The first kappa shape index (κ1) is 15.2. The van der Waals surface area contributed by atoms with E-state index in [4.69, 9.17) is 19.9 Å². The highest BCUT2D eigenvalue weighted by atomic mass is 16.5. The minimum atomic E-state index is 0.475. The molecular formula is C17H21NO3. The van der Waals surface area contributed by atoms with E-state index in [1.807, 2.05) is 55.5 Å². The van der Waals surface area contributed by atoms with Crippen LogP contribution in [0.5, 0.6) is 17.2 Å². The standard InChI is InChI=1S/C17H21NO3/c1-2-19-16-7-4-8-17(12-16)21-10-9-20-15-6-3-5-14(11-15)13-18/h3-8,11-12H,2,9-10,13,18H2,1H3. The maximum absolute atomic E-state index is 5.64. The molecule has 0 atom stereocenters. The summed E-state index contributed by atoms with van der Waals surface area (Å²) in [5.74, 6) is 2.40. The van der Waals surface area contributed by atoms with Crippen molar-refractivity contribution in [2.24, 2.45) is 5.73 Å². The van der Waals surface area contributed by atoms with Gasteiger partial charge in [0.25, 0.3) is 0 Å². The lowest BCUT2D eigenvalue weighted by Gasteiger charge is -2.10. The Morgan fingerprint density at radius 1 is 0.810 bits per heavy atom. The molecule has 0 radical (unpaired) electrons. The molecule has 0 aliphatic heterocycles. The molecule has 0 unspecified atom stereocenters. The highest BCUT2D eigenvalue weighted by Gasteiger charge is 1.99. The molecular weight excluding hydrogens is 266 g/mol. The van der Waals surface area contributed by atoms with Crippen LogP contribution in [0.1, 0.15) is 12.5 Å². The van der Waals surface area contributed by atoms with Gasteiger partial charge in [-0.1, -0.05) is 18.2 Å². The van der Waals surface area contributed by atoms with Gasteiger partial charge in [-0.25, -0.2) is 0 Å². The summed E-state index contributed by atoms with van der Waals surface area (Å²) in [5, 5.41) is 0. The molecule has 21 heavy (non-hydrogen) atoms. The number of benzene rings is 2. The monoisotopic (exact) mass is 287 g/mol. The molecule has 0 saturated carbocycles. The summed E-state index contributed by atoms with van der Waals surface area (Å²) in [7, 11) is 0. The number of ether oxygens (including phenoxy) is 3. The first-order valence-corrected chi connectivity index (χ1v) is 7.09. The van der Waals surface area contributed by atoms with Gasteiger partial charge in [0, 0.05) is 12.6 Å². The second-order valence-corrected chi connectivity index (χ2v) is 4.46. The summed E-state index contributed by atoms with van der Waals surface area (Å²) in [5.41, 5.74) is 6.65. The van der Waals surface area contributed by atoms with E-state index in [-0.39, 0.29) is 0 Å². The topological polar surface area (TPSA) is 53.7 Å². The van der Waals surface area contributed by atoms with Crippen LogP contribution in [0.3, 0.4) is 0 Å². The van der Waals surface area contributed by atoms with E-state index in [2.05, 4.69) is 0 Å². The number of nitrogens with two attached hydrogens (primary N) is 1. The van der Waals surface area contributed by atoms with Gasteiger partial charge in [-0.05, 0) is 36.8 Å². The molecule has 4 nitrogen and oxygen atoms in total. The van der Waals surface area contributed by atoms with Gasteiger partial charge >= 0.3 is 0 Å². The molecule has 2 N–H and O–H groups in total. The lowest BCUT2D eigenvalue weighted by molar-refractivity contribution is 0.216. The molecule has 2 aromatic rings. The highest BCUT2D eigenvalue weighted by molar-refractivity contribution is 5.33. The van der Waals surface area contributed by atoms with Crippen molar-refractivity contribution in [2.45, 2.75) is 13.5 Å². The average molecular weight is 287 g/mol. The van der Waals surface area contributed by atoms with Gasteiger partial charge in [0.05, 0.1) is 6.61 Å². The molecule has 0 aliphatic rings. The second kappa shape index (κ2) is 8.17. The van der Waals surface area contributed by atoms with Crippen molar-refractivity contribution in [3.05, 3.63) is 54.1 Å². The zero-order chi connectivity index (χ0) is 14.9. The van der Waals surface area contributed by atoms with Crippen LogP contribution in [0.25, 0.3) is 0 Å². The average Bonchev–Trinajstić information content (AvgIpc) is 2.52. The third kappa shape index (κ3) is 5.00. The molecule has 0 fully saturated rings. The van der Waals surface area contributed by atoms with Gasteiger partial charge in [-0.15, -0.1) is 0 Å². The largest absolute Gasteiger partial charge is 0.494 e. The molecule has 0 bridgehead atoms. The van der Waals surface area contributed by atoms with E-state index >= 15 is 0 Å². The highest BCUT2D eigenvalue weighted by Crippen LogP contribution is 2.19. The first-order chi connectivity index (χ1) is 10.3. The summed E-state index contributed by atoms with van der Waals surface area (Å²) in [4.78, 5) is 0. The third-order valence-corrected chi connectivity index (χ3v) is 2.87. The van der Waals surface area contributed by atoms with Gasteiger partial charge in [-0.3, -0.25) is 0 Å². The predicted molar refractivity (Wildman–Crippen MR) is 82.9 cm³/mol. The molecule has 0 aromatic heterocycles. The second-order valence-electron chi connectivity index (χ2n) is 4.46. The van der Waals surface area contributed by atoms with Crippen LogP contribution in [-0.2, 0) is 6.54 Å². The van der Waals surface area contributed by atoms with Crippen molar-refractivity contribution in [1.29, 1.82) is 0 Å². The number of hydrogen-bond acceptors (Lipinski definition) is 4.